The number of carbonyl (C=O) groups excluding carboxylic acids is 1. The second kappa shape index (κ2) is 9.27. The highest BCUT2D eigenvalue weighted by molar-refractivity contribution is 5.96. The van der Waals surface area contributed by atoms with Gasteiger partial charge in [0, 0.05) is 5.56 Å². The van der Waals surface area contributed by atoms with Crippen molar-refractivity contribution in [2.75, 3.05) is 6.61 Å². The average Bonchev–Trinajstić information content (AvgIpc) is 3.12. The first-order valence-corrected chi connectivity index (χ1v) is 10.9. The first-order valence-electron chi connectivity index (χ1n) is 10.9. The highest BCUT2D eigenvalue weighted by atomic mass is 16.5. The molecule has 0 fully saturated rings. The van der Waals surface area contributed by atoms with E-state index in [0.29, 0.717) is 18.7 Å². The van der Waals surface area contributed by atoms with E-state index >= 15 is 0 Å². The minimum absolute atomic E-state index is 0.0929. The minimum Gasteiger partial charge on any atom is -0.492 e. The van der Waals surface area contributed by atoms with Gasteiger partial charge >= 0.3 is 0 Å². The Bertz CT molecular complexity index is 1260. The first kappa shape index (κ1) is 21.6. The number of aryl methyl sites for hydroxylation is 3. The van der Waals surface area contributed by atoms with Crippen molar-refractivity contribution < 1.29 is 9.53 Å². The predicted octanol–water partition coefficient (Wildman–Crippen LogP) is 5.53. The predicted molar refractivity (Wildman–Crippen MR) is 128 cm³/mol. The van der Waals surface area contributed by atoms with Crippen LogP contribution in [0.1, 0.15) is 45.8 Å². The molecule has 3 aromatic carbocycles. The number of carbonyl (C=O) groups is 1. The summed E-state index contributed by atoms with van der Waals surface area (Å²) in [6, 6.07) is 21.7. The van der Waals surface area contributed by atoms with E-state index in [1.165, 1.54) is 5.56 Å². The molecule has 164 valence electrons. The number of aromatic nitrogens is 2. The molecule has 0 aliphatic heterocycles. The molecule has 1 N–H and O–H groups in total. The van der Waals surface area contributed by atoms with Crippen LogP contribution in [-0.4, -0.2) is 22.1 Å². The summed E-state index contributed by atoms with van der Waals surface area (Å²) in [7, 11) is 0. The average molecular weight is 428 g/mol. The number of ether oxygens (including phenoxy) is 1. The van der Waals surface area contributed by atoms with Crippen molar-refractivity contribution in [3.63, 3.8) is 0 Å². The number of rotatable bonds is 7. The number of imidazole rings is 1. The number of para-hydroxylation sites is 2. The van der Waals surface area contributed by atoms with E-state index in [1.807, 2.05) is 75.4 Å². The summed E-state index contributed by atoms with van der Waals surface area (Å²) >= 11 is 0. The van der Waals surface area contributed by atoms with E-state index < -0.39 is 0 Å². The van der Waals surface area contributed by atoms with Gasteiger partial charge in [-0.05, 0) is 69.2 Å². The van der Waals surface area contributed by atoms with Gasteiger partial charge in [-0.25, -0.2) is 4.98 Å². The van der Waals surface area contributed by atoms with Gasteiger partial charge in [0.25, 0.3) is 5.91 Å². The molecule has 0 saturated heterocycles. The Balaban J connectivity index is 1.55. The van der Waals surface area contributed by atoms with Crippen molar-refractivity contribution >= 4 is 16.9 Å². The summed E-state index contributed by atoms with van der Waals surface area (Å²) in [4.78, 5) is 17.8. The molecule has 4 rings (SSSR count). The zero-order valence-electron chi connectivity index (χ0n) is 19.1. The van der Waals surface area contributed by atoms with Crippen LogP contribution in [0.4, 0.5) is 0 Å². The zero-order valence-corrected chi connectivity index (χ0v) is 19.1. The van der Waals surface area contributed by atoms with Crippen molar-refractivity contribution in [2.24, 2.45) is 0 Å². The highest BCUT2D eigenvalue weighted by Crippen LogP contribution is 2.22. The summed E-state index contributed by atoms with van der Waals surface area (Å²) in [6.07, 6.45) is 0. The van der Waals surface area contributed by atoms with Crippen LogP contribution in [0.3, 0.4) is 0 Å². The summed E-state index contributed by atoms with van der Waals surface area (Å²) in [5, 5.41) is 3.13. The summed E-state index contributed by atoms with van der Waals surface area (Å²) in [5.41, 5.74) is 5.90. The van der Waals surface area contributed by atoms with Gasteiger partial charge < -0.3 is 14.6 Å². The number of hydrogen-bond acceptors (Lipinski definition) is 3. The van der Waals surface area contributed by atoms with Gasteiger partial charge in [-0.3, -0.25) is 4.79 Å². The third-order valence-electron chi connectivity index (χ3n) is 5.62. The fourth-order valence-corrected chi connectivity index (χ4v) is 4.03. The molecule has 1 aromatic heterocycles. The summed E-state index contributed by atoms with van der Waals surface area (Å²) in [6.45, 7) is 9.15. The number of fused-ring (bicyclic) bond motifs is 1. The fraction of sp³-hybridized carbons (Fsp3) is 0.259. The van der Waals surface area contributed by atoms with Gasteiger partial charge in [0.05, 0.1) is 23.6 Å². The topological polar surface area (TPSA) is 56.1 Å². The smallest absolute Gasteiger partial charge is 0.252 e. The van der Waals surface area contributed by atoms with E-state index in [4.69, 9.17) is 9.72 Å². The maximum Gasteiger partial charge on any atom is 0.252 e. The molecule has 0 radical (unpaired) electrons. The monoisotopic (exact) mass is 427 g/mol. The van der Waals surface area contributed by atoms with E-state index in [0.717, 1.165) is 33.7 Å². The molecule has 0 bridgehead atoms. The molecule has 0 saturated carbocycles. The third kappa shape index (κ3) is 4.67. The number of nitrogens with one attached hydrogen (secondary N) is 1. The molecule has 1 heterocycles. The Morgan fingerprint density at radius 1 is 1.00 bits per heavy atom. The van der Waals surface area contributed by atoms with Crippen molar-refractivity contribution in [3.8, 4) is 5.75 Å². The van der Waals surface area contributed by atoms with Crippen LogP contribution in [0.5, 0.6) is 5.75 Å². The van der Waals surface area contributed by atoms with E-state index in [9.17, 15) is 4.79 Å². The lowest BCUT2D eigenvalue weighted by Crippen LogP contribution is -2.29. The van der Waals surface area contributed by atoms with Gasteiger partial charge in [-0.1, -0.05) is 42.0 Å². The molecule has 32 heavy (non-hydrogen) atoms. The maximum atomic E-state index is 12.9. The second-order valence-corrected chi connectivity index (χ2v) is 8.29. The van der Waals surface area contributed by atoms with Crippen LogP contribution < -0.4 is 10.1 Å². The highest BCUT2D eigenvalue weighted by Gasteiger charge is 2.20. The Morgan fingerprint density at radius 3 is 2.56 bits per heavy atom. The van der Waals surface area contributed by atoms with Crippen LogP contribution in [0.15, 0.2) is 66.7 Å². The SMILES string of the molecule is Cc1cccc(OCCn2c(C(C)NC(=O)c3ccc(C)cc3C)nc3ccccc32)c1. The molecule has 4 aromatic rings. The lowest BCUT2D eigenvalue weighted by Gasteiger charge is -2.17. The van der Waals surface area contributed by atoms with Crippen LogP contribution >= 0.6 is 0 Å². The first-order chi connectivity index (χ1) is 15.4. The number of amides is 1. The Labute approximate surface area is 189 Å². The molecule has 0 spiro atoms. The number of benzene rings is 3. The van der Waals surface area contributed by atoms with E-state index in [1.54, 1.807) is 0 Å². The van der Waals surface area contributed by atoms with Crippen LogP contribution in [0.2, 0.25) is 0 Å². The largest absolute Gasteiger partial charge is 0.492 e. The summed E-state index contributed by atoms with van der Waals surface area (Å²) in [5.74, 6) is 1.58. The Morgan fingerprint density at radius 2 is 1.78 bits per heavy atom. The Kier molecular flexibility index (Phi) is 6.26. The minimum atomic E-state index is -0.255. The molecule has 5 nitrogen and oxygen atoms in total. The quantitative estimate of drug-likeness (QED) is 0.422. The van der Waals surface area contributed by atoms with Gasteiger partial charge in [-0.2, -0.15) is 0 Å². The van der Waals surface area contributed by atoms with Crippen molar-refractivity contribution in [1.82, 2.24) is 14.9 Å². The van der Waals surface area contributed by atoms with Crippen LogP contribution in [0, 0.1) is 20.8 Å². The lowest BCUT2D eigenvalue weighted by molar-refractivity contribution is 0.0937. The van der Waals surface area contributed by atoms with Crippen LogP contribution in [-0.2, 0) is 6.54 Å². The summed E-state index contributed by atoms with van der Waals surface area (Å²) < 4.78 is 8.12. The molecule has 1 unspecified atom stereocenters. The zero-order chi connectivity index (χ0) is 22.7. The molecular weight excluding hydrogens is 398 g/mol. The Hall–Kier alpha value is -3.60. The van der Waals surface area contributed by atoms with Gasteiger partial charge in [0.2, 0.25) is 0 Å². The number of hydrogen-bond donors (Lipinski definition) is 1. The maximum absolute atomic E-state index is 12.9. The molecule has 1 atom stereocenters. The molecule has 5 heteroatoms. The van der Waals surface area contributed by atoms with Crippen molar-refractivity contribution in [1.29, 1.82) is 0 Å². The molecule has 0 aliphatic carbocycles. The van der Waals surface area contributed by atoms with Gasteiger partial charge in [0.15, 0.2) is 0 Å². The van der Waals surface area contributed by atoms with Crippen molar-refractivity contribution in [2.45, 2.75) is 40.3 Å². The second-order valence-electron chi connectivity index (χ2n) is 8.29. The lowest BCUT2D eigenvalue weighted by atomic mass is 10.0. The van der Waals surface area contributed by atoms with Crippen LogP contribution in [0.25, 0.3) is 11.0 Å². The fourth-order valence-electron chi connectivity index (χ4n) is 4.03. The van der Waals surface area contributed by atoms with Gasteiger partial charge in [-0.15, -0.1) is 0 Å². The third-order valence-corrected chi connectivity index (χ3v) is 5.62. The van der Waals surface area contributed by atoms with E-state index in [-0.39, 0.29) is 11.9 Å². The molecule has 1 amide bonds. The number of nitrogens with zero attached hydrogens (tertiary/aromatic N) is 2. The van der Waals surface area contributed by atoms with Gasteiger partial charge in [0.1, 0.15) is 18.2 Å². The normalized spacial score (nSPS) is 12.0. The van der Waals surface area contributed by atoms with Crippen molar-refractivity contribution in [3.05, 3.63) is 94.8 Å². The van der Waals surface area contributed by atoms with E-state index in [2.05, 4.69) is 28.9 Å². The standard InChI is InChI=1S/C27H29N3O2/c1-18-8-7-9-22(17-18)32-15-14-30-25-11-6-5-10-24(25)29-26(30)21(4)28-27(31)23-13-12-19(2)16-20(23)3/h5-13,16-17,21H,14-15H2,1-4H3,(H,28,31). The molecular formula is C27H29N3O2. The molecule has 0 aliphatic rings.